The molecular weight excluding hydrogens is 322 g/mol. The average molecular weight is 349 g/mol. The van der Waals surface area contributed by atoms with Gasteiger partial charge in [0.2, 0.25) is 5.95 Å². The van der Waals surface area contributed by atoms with Gasteiger partial charge in [0.25, 0.3) is 5.91 Å². The van der Waals surface area contributed by atoms with Crippen LogP contribution in [-0.2, 0) is 4.74 Å². The molecule has 0 unspecified atom stereocenters. The van der Waals surface area contributed by atoms with Gasteiger partial charge in [0.15, 0.2) is 0 Å². The van der Waals surface area contributed by atoms with E-state index in [1.807, 2.05) is 0 Å². The van der Waals surface area contributed by atoms with Crippen LogP contribution in [0.4, 0.5) is 11.8 Å². The fraction of sp³-hybridized carbons (Fsp3) is 0.706. The second-order valence-electron chi connectivity index (χ2n) is 6.98. The second kappa shape index (κ2) is 7.97. The zero-order valence-electron chi connectivity index (χ0n) is 14.6. The van der Waals surface area contributed by atoms with E-state index in [-0.39, 0.29) is 17.7 Å². The summed E-state index contributed by atoms with van der Waals surface area (Å²) >= 11 is 0. The molecule has 5 N–H and O–H groups in total. The van der Waals surface area contributed by atoms with Crippen LogP contribution in [0.3, 0.4) is 0 Å². The number of primary amides is 1. The van der Waals surface area contributed by atoms with Crippen LogP contribution in [0.25, 0.3) is 0 Å². The number of carbonyl (C=O) groups excluding carboxylic acids is 1. The maximum absolute atomic E-state index is 11.6. The Kier molecular flexibility index (Phi) is 5.70. The molecule has 8 heteroatoms. The van der Waals surface area contributed by atoms with E-state index in [1.165, 1.54) is 6.20 Å². The molecule has 138 valence electrons. The molecule has 0 radical (unpaired) electrons. The number of hydrogen-bond acceptors (Lipinski definition) is 7. The van der Waals surface area contributed by atoms with Crippen LogP contribution in [0.15, 0.2) is 6.20 Å². The number of ether oxygens (including phenoxy) is 1. The molecule has 0 saturated heterocycles. The van der Waals surface area contributed by atoms with Crippen LogP contribution in [0.5, 0.6) is 0 Å². The highest BCUT2D eigenvalue weighted by atomic mass is 16.5. The number of aliphatic hydroxyl groups is 1. The predicted molar refractivity (Wildman–Crippen MR) is 94.5 cm³/mol. The number of hydrogen-bond donors (Lipinski definition) is 4. The van der Waals surface area contributed by atoms with Gasteiger partial charge in [0, 0.05) is 25.4 Å². The number of nitrogens with two attached hydrogens (primary N) is 1. The van der Waals surface area contributed by atoms with E-state index in [4.69, 9.17) is 10.5 Å². The molecule has 0 spiro atoms. The zero-order valence-corrected chi connectivity index (χ0v) is 14.6. The Morgan fingerprint density at radius 3 is 2.52 bits per heavy atom. The number of anilines is 2. The lowest BCUT2D eigenvalue weighted by Gasteiger charge is -2.28. The van der Waals surface area contributed by atoms with E-state index >= 15 is 0 Å². The zero-order chi connectivity index (χ0) is 17.8. The van der Waals surface area contributed by atoms with E-state index in [0.29, 0.717) is 30.3 Å². The molecule has 0 aliphatic heterocycles. The minimum atomic E-state index is -0.562. The largest absolute Gasteiger partial charge is 0.393 e. The number of aromatic nitrogens is 2. The Morgan fingerprint density at radius 2 is 1.92 bits per heavy atom. The van der Waals surface area contributed by atoms with Gasteiger partial charge in [0.05, 0.1) is 17.8 Å². The van der Waals surface area contributed by atoms with Crippen LogP contribution in [-0.4, -0.2) is 52.4 Å². The number of amides is 1. The van der Waals surface area contributed by atoms with Crippen molar-refractivity contribution < 1.29 is 14.6 Å². The molecule has 1 aromatic rings. The number of nitrogens with zero attached hydrogens (tertiary/aromatic N) is 2. The Balaban J connectivity index is 1.68. The lowest BCUT2D eigenvalue weighted by Crippen LogP contribution is -2.30. The summed E-state index contributed by atoms with van der Waals surface area (Å²) in [7, 11) is 1.75. The van der Waals surface area contributed by atoms with Crippen molar-refractivity contribution in [3.05, 3.63) is 11.8 Å². The summed E-state index contributed by atoms with van der Waals surface area (Å²) in [5.41, 5.74) is 5.71. The molecule has 3 rings (SSSR count). The molecule has 25 heavy (non-hydrogen) atoms. The normalized spacial score (nSPS) is 29.4. The lowest BCUT2D eigenvalue weighted by atomic mass is 9.93. The summed E-state index contributed by atoms with van der Waals surface area (Å²) in [6.45, 7) is 0. The highest BCUT2D eigenvalue weighted by Gasteiger charge is 2.25. The molecule has 1 aromatic heterocycles. The predicted octanol–water partition coefficient (Wildman–Crippen LogP) is 1.27. The smallest absolute Gasteiger partial charge is 0.254 e. The topological polar surface area (TPSA) is 122 Å². The van der Waals surface area contributed by atoms with Crippen molar-refractivity contribution in [2.24, 2.45) is 5.73 Å². The fourth-order valence-corrected chi connectivity index (χ4v) is 3.65. The monoisotopic (exact) mass is 349 g/mol. The Bertz CT molecular complexity index is 604. The average Bonchev–Trinajstić information content (AvgIpc) is 3.00. The number of nitrogens with one attached hydrogen (secondary N) is 2. The van der Waals surface area contributed by atoms with Crippen LogP contribution in [0, 0.1) is 0 Å². The Hall–Kier alpha value is -1.93. The van der Waals surface area contributed by atoms with Crippen molar-refractivity contribution >= 4 is 17.7 Å². The molecule has 1 heterocycles. The number of methoxy groups -OCH3 is 1. The third kappa shape index (κ3) is 4.58. The van der Waals surface area contributed by atoms with Gasteiger partial charge in [-0.2, -0.15) is 4.98 Å². The summed E-state index contributed by atoms with van der Waals surface area (Å²) in [4.78, 5) is 20.4. The third-order valence-electron chi connectivity index (χ3n) is 5.14. The standard InChI is InChI=1S/C17H27N5O3/c1-25-13-6-3-10(4-7-13)21-17-19-9-14(15(18)24)16(22-17)20-11-2-5-12(23)8-11/h9-13,23H,2-8H2,1H3,(H2,18,24)(H2,19,20,21,22)/t10-,11-,12+,13-/m0/s1. The van der Waals surface area contributed by atoms with E-state index in [1.54, 1.807) is 7.11 Å². The van der Waals surface area contributed by atoms with Gasteiger partial charge in [-0.3, -0.25) is 4.79 Å². The minimum Gasteiger partial charge on any atom is -0.393 e. The molecular formula is C17H27N5O3. The van der Waals surface area contributed by atoms with Crippen LogP contribution in [0.1, 0.15) is 55.3 Å². The van der Waals surface area contributed by atoms with Crippen molar-refractivity contribution in [2.75, 3.05) is 17.7 Å². The summed E-state index contributed by atoms with van der Waals surface area (Å²) in [5, 5.41) is 16.3. The van der Waals surface area contributed by atoms with Crippen molar-refractivity contribution in [1.29, 1.82) is 0 Å². The highest BCUT2D eigenvalue weighted by Crippen LogP contribution is 2.26. The quantitative estimate of drug-likeness (QED) is 0.610. The van der Waals surface area contributed by atoms with Gasteiger partial charge < -0.3 is 26.2 Å². The number of aliphatic hydroxyl groups excluding tert-OH is 1. The van der Waals surface area contributed by atoms with Gasteiger partial charge >= 0.3 is 0 Å². The first-order valence-corrected chi connectivity index (χ1v) is 8.96. The molecule has 0 aromatic carbocycles. The molecule has 1 amide bonds. The summed E-state index contributed by atoms with van der Waals surface area (Å²) in [6, 6.07) is 0.389. The molecule has 2 atom stereocenters. The second-order valence-corrected chi connectivity index (χ2v) is 6.98. The first-order chi connectivity index (χ1) is 12.0. The maximum atomic E-state index is 11.6. The van der Waals surface area contributed by atoms with Crippen LogP contribution >= 0.6 is 0 Å². The summed E-state index contributed by atoms with van der Waals surface area (Å²) in [6.07, 6.45) is 7.76. The Morgan fingerprint density at radius 1 is 1.20 bits per heavy atom. The van der Waals surface area contributed by atoms with E-state index < -0.39 is 5.91 Å². The van der Waals surface area contributed by atoms with Gasteiger partial charge in [-0.15, -0.1) is 0 Å². The molecule has 2 aliphatic rings. The molecule has 2 fully saturated rings. The van der Waals surface area contributed by atoms with E-state index in [2.05, 4.69) is 20.6 Å². The number of carbonyl (C=O) groups is 1. The Labute approximate surface area is 147 Å². The third-order valence-corrected chi connectivity index (χ3v) is 5.14. The maximum Gasteiger partial charge on any atom is 0.254 e. The van der Waals surface area contributed by atoms with Crippen LogP contribution in [0.2, 0.25) is 0 Å². The van der Waals surface area contributed by atoms with Crippen molar-refractivity contribution in [1.82, 2.24) is 9.97 Å². The first kappa shape index (κ1) is 17.9. The first-order valence-electron chi connectivity index (χ1n) is 8.96. The van der Waals surface area contributed by atoms with Gasteiger partial charge in [0.1, 0.15) is 5.82 Å². The highest BCUT2D eigenvalue weighted by molar-refractivity contribution is 5.97. The van der Waals surface area contributed by atoms with Gasteiger partial charge in [-0.25, -0.2) is 4.98 Å². The van der Waals surface area contributed by atoms with Crippen LogP contribution < -0.4 is 16.4 Å². The minimum absolute atomic E-state index is 0.0907. The SMILES string of the molecule is CO[C@H]1CC[C@H](Nc2ncc(C(N)=O)c(N[C@H]3CC[C@@H](O)C3)n2)CC1. The molecule has 2 aliphatic carbocycles. The van der Waals surface area contributed by atoms with Gasteiger partial charge in [-0.05, 0) is 44.9 Å². The molecule has 0 bridgehead atoms. The van der Waals surface area contributed by atoms with Crippen molar-refractivity contribution in [3.63, 3.8) is 0 Å². The fourth-order valence-electron chi connectivity index (χ4n) is 3.65. The number of rotatable bonds is 6. The molecule has 8 nitrogen and oxygen atoms in total. The van der Waals surface area contributed by atoms with Crippen molar-refractivity contribution in [3.8, 4) is 0 Å². The lowest BCUT2D eigenvalue weighted by molar-refractivity contribution is 0.0681. The summed E-state index contributed by atoms with van der Waals surface area (Å²) in [5.74, 6) is 0.370. The molecule has 2 saturated carbocycles. The van der Waals surface area contributed by atoms with Crippen molar-refractivity contribution in [2.45, 2.75) is 69.2 Å². The van der Waals surface area contributed by atoms with E-state index in [9.17, 15) is 9.90 Å². The summed E-state index contributed by atoms with van der Waals surface area (Å²) < 4.78 is 5.39. The van der Waals surface area contributed by atoms with Gasteiger partial charge in [-0.1, -0.05) is 0 Å². The van der Waals surface area contributed by atoms with E-state index in [0.717, 1.165) is 38.5 Å².